The predicted octanol–water partition coefficient (Wildman–Crippen LogP) is 2.00. The molecular formula is C16H22N4O3. The molecule has 23 heavy (non-hydrogen) atoms. The first kappa shape index (κ1) is 16.9. The molecule has 2 aromatic rings. The molecule has 0 saturated carbocycles. The average molecular weight is 318 g/mol. The third-order valence-corrected chi connectivity index (χ3v) is 3.56. The molecule has 0 aliphatic carbocycles. The van der Waals surface area contributed by atoms with E-state index in [1.165, 1.54) is 7.11 Å². The van der Waals surface area contributed by atoms with Crippen molar-refractivity contribution in [3.63, 3.8) is 0 Å². The van der Waals surface area contributed by atoms with Crippen LogP contribution in [0.3, 0.4) is 0 Å². The summed E-state index contributed by atoms with van der Waals surface area (Å²) in [6.07, 6.45) is 2.54. The molecule has 124 valence electrons. The number of aromatic nitrogens is 3. The van der Waals surface area contributed by atoms with Gasteiger partial charge < -0.3 is 10.1 Å². The number of pyridine rings is 1. The van der Waals surface area contributed by atoms with Gasteiger partial charge in [-0.15, -0.1) is 0 Å². The smallest absolute Gasteiger partial charge is 0.305 e. The van der Waals surface area contributed by atoms with Crippen molar-refractivity contribution >= 4 is 22.9 Å². The molecule has 0 fully saturated rings. The van der Waals surface area contributed by atoms with E-state index in [0.29, 0.717) is 24.2 Å². The van der Waals surface area contributed by atoms with Crippen molar-refractivity contribution in [2.75, 3.05) is 13.7 Å². The zero-order valence-electron chi connectivity index (χ0n) is 13.9. The van der Waals surface area contributed by atoms with Crippen LogP contribution in [0.1, 0.15) is 48.8 Å². The number of methoxy groups -OCH3 is 1. The number of hydrogen-bond donors (Lipinski definition) is 1. The fourth-order valence-electron chi connectivity index (χ4n) is 2.31. The molecule has 0 atom stereocenters. The molecule has 0 bridgehead atoms. The minimum Gasteiger partial charge on any atom is -0.469 e. The van der Waals surface area contributed by atoms with Crippen LogP contribution in [0.5, 0.6) is 0 Å². The van der Waals surface area contributed by atoms with Crippen molar-refractivity contribution in [2.45, 2.75) is 39.7 Å². The van der Waals surface area contributed by atoms with Gasteiger partial charge in [0.05, 0.1) is 24.6 Å². The van der Waals surface area contributed by atoms with E-state index >= 15 is 0 Å². The maximum Gasteiger partial charge on any atom is 0.305 e. The fourth-order valence-corrected chi connectivity index (χ4v) is 2.31. The summed E-state index contributed by atoms with van der Waals surface area (Å²) < 4.78 is 6.39. The summed E-state index contributed by atoms with van der Waals surface area (Å²) in [5.74, 6) is -0.473. The normalized spacial score (nSPS) is 11.0. The van der Waals surface area contributed by atoms with Crippen molar-refractivity contribution in [2.24, 2.45) is 0 Å². The first-order chi connectivity index (χ1) is 10.9. The highest BCUT2D eigenvalue weighted by Crippen LogP contribution is 2.19. The lowest BCUT2D eigenvalue weighted by Gasteiger charge is -2.09. The van der Waals surface area contributed by atoms with Crippen LogP contribution in [0.4, 0.5) is 0 Å². The SMILES string of the molecule is COC(=O)CCCNC(=O)c1cc2cnn(C(C)C)c2nc1C. The average Bonchev–Trinajstić information content (AvgIpc) is 2.93. The Hall–Kier alpha value is -2.44. The second kappa shape index (κ2) is 7.21. The largest absolute Gasteiger partial charge is 0.469 e. The Bertz CT molecular complexity index is 721. The molecule has 2 aromatic heterocycles. The fraction of sp³-hybridized carbons (Fsp3) is 0.500. The summed E-state index contributed by atoms with van der Waals surface area (Å²) in [5.41, 5.74) is 1.96. The molecule has 0 unspecified atom stereocenters. The Labute approximate surface area is 135 Å². The molecule has 0 aliphatic rings. The Morgan fingerprint density at radius 1 is 1.39 bits per heavy atom. The molecule has 0 aromatic carbocycles. The summed E-state index contributed by atoms with van der Waals surface area (Å²) in [6.45, 7) is 6.29. The lowest BCUT2D eigenvalue weighted by molar-refractivity contribution is -0.140. The number of carbonyl (C=O) groups excluding carboxylic acids is 2. The lowest BCUT2D eigenvalue weighted by Crippen LogP contribution is -2.26. The van der Waals surface area contributed by atoms with Gasteiger partial charge in [0, 0.05) is 24.4 Å². The van der Waals surface area contributed by atoms with E-state index in [4.69, 9.17) is 0 Å². The third-order valence-electron chi connectivity index (χ3n) is 3.56. The van der Waals surface area contributed by atoms with E-state index in [1.807, 2.05) is 18.5 Å². The second-order valence-electron chi connectivity index (χ2n) is 5.65. The summed E-state index contributed by atoms with van der Waals surface area (Å²) in [5, 5.41) is 7.95. The van der Waals surface area contributed by atoms with Gasteiger partial charge in [-0.25, -0.2) is 9.67 Å². The predicted molar refractivity (Wildman–Crippen MR) is 86.2 cm³/mol. The molecule has 7 heteroatoms. The number of esters is 1. The number of ether oxygens (including phenoxy) is 1. The Morgan fingerprint density at radius 3 is 2.78 bits per heavy atom. The lowest BCUT2D eigenvalue weighted by atomic mass is 10.1. The van der Waals surface area contributed by atoms with Crippen molar-refractivity contribution in [1.82, 2.24) is 20.1 Å². The van der Waals surface area contributed by atoms with Crippen LogP contribution in [0, 0.1) is 6.92 Å². The van der Waals surface area contributed by atoms with E-state index in [0.717, 1.165) is 11.0 Å². The summed E-state index contributed by atoms with van der Waals surface area (Å²) in [4.78, 5) is 27.8. The van der Waals surface area contributed by atoms with Gasteiger partial charge in [-0.1, -0.05) is 0 Å². The summed E-state index contributed by atoms with van der Waals surface area (Å²) in [7, 11) is 1.35. The van der Waals surface area contributed by atoms with Gasteiger partial charge in [0.1, 0.15) is 0 Å². The number of aryl methyl sites for hydroxylation is 1. The first-order valence-corrected chi connectivity index (χ1v) is 7.64. The van der Waals surface area contributed by atoms with Crippen LogP contribution in [-0.2, 0) is 9.53 Å². The molecule has 1 N–H and O–H groups in total. The standard InChI is InChI=1S/C16H22N4O3/c1-10(2)20-15-12(9-18-20)8-13(11(3)19-15)16(22)17-7-5-6-14(21)23-4/h8-10H,5-7H2,1-4H3,(H,17,22). The molecule has 1 amide bonds. The molecular weight excluding hydrogens is 296 g/mol. The maximum absolute atomic E-state index is 12.3. The first-order valence-electron chi connectivity index (χ1n) is 7.64. The van der Waals surface area contributed by atoms with Crippen LogP contribution in [-0.4, -0.2) is 40.3 Å². The van der Waals surface area contributed by atoms with E-state index in [1.54, 1.807) is 19.2 Å². The Kier molecular flexibility index (Phi) is 5.31. The zero-order chi connectivity index (χ0) is 17.0. The van der Waals surface area contributed by atoms with Crippen LogP contribution >= 0.6 is 0 Å². The van der Waals surface area contributed by atoms with Gasteiger partial charge in [0.2, 0.25) is 0 Å². The van der Waals surface area contributed by atoms with Crippen LogP contribution < -0.4 is 5.32 Å². The molecule has 7 nitrogen and oxygen atoms in total. The van der Waals surface area contributed by atoms with Crippen LogP contribution in [0.25, 0.3) is 11.0 Å². The second-order valence-corrected chi connectivity index (χ2v) is 5.65. The van der Waals surface area contributed by atoms with Crippen molar-refractivity contribution in [3.8, 4) is 0 Å². The molecule has 2 heterocycles. The number of hydrogen-bond acceptors (Lipinski definition) is 5. The molecule has 0 spiro atoms. The monoisotopic (exact) mass is 318 g/mol. The van der Waals surface area contributed by atoms with E-state index in [-0.39, 0.29) is 24.3 Å². The van der Waals surface area contributed by atoms with Gasteiger partial charge in [0.15, 0.2) is 5.65 Å². The highest BCUT2D eigenvalue weighted by atomic mass is 16.5. The van der Waals surface area contributed by atoms with E-state index < -0.39 is 0 Å². The van der Waals surface area contributed by atoms with Gasteiger partial charge in [0.25, 0.3) is 5.91 Å². The van der Waals surface area contributed by atoms with Crippen molar-refractivity contribution < 1.29 is 14.3 Å². The van der Waals surface area contributed by atoms with Gasteiger partial charge in [-0.3, -0.25) is 9.59 Å². The number of nitrogens with one attached hydrogen (secondary N) is 1. The molecule has 0 radical (unpaired) electrons. The minimum atomic E-state index is -0.278. The van der Waals surface area contributed by atoms with Crippen LogP contribution in [0.15, 0.2) is 12.3 Å². The number of fused-ring (bicyclic) bond motifs is 1. The van der Waals surface area contributed by atoms with Gasteiger partial charge in [-0.2, -0.15) is 5.10 Å². The summed E-state index contributed by atoms with van der Waals surface area (Å²) in [6, 6.07) is 2.01. The zero-order valence-corrected chi connectivity index (χ0v) is 13.9. The highest BCUT2D eigenvalue weighted by Gasteiger charge is 2.15. The topological polar surface area (TPSA) is 86.1 Å². The number of rotatable bonds is 6. The van der Waals surface area contributed by atoms with Crippen molar-refractivity contribution in [1.29, 1.82) is 0 Å². The van der Waals surface area contributed by atoms with Gasteiger partial charge in [-0.05, 0) is 33.3 Å². The Morgan fingerprint density at radius 2 is 2.13 bits per heavy atom. The highest BCUT2D eigenvalue weighted by molar-refractivity contribution is 5.98. The third kappa shape index (κ3) is 3.85. The minimum absolute atomic E-state index is 0.195. The quantitative estimate of drug-likeness (QED) is 0.650. The molecule has 0 aliphatic heterocycles. The van der Waals surface area contributed by atoms with Gasteiger partial charge >= 0.3 is 5.97 Å². The number of nitrogens with zero attached hydrogens (tertiary/aromatic N) is 3. The molecule has 2 rings (SSSR count). The Balaban J connectivity index is 2.09. The molecule has 0 saturated heterocycles. The number of carbonyl (C=O) groups is 2. The summed E-state index contributed by atoms with van der Waals surface area (Å²) >= 11 is 0. The van der Waals surface area contributed by atoms with E-state index in [9.17, 15) is 9.59 Å². The van der Waals surface area contributed by atoms with Crippen LogP contribution in [0.2, 0.25) is 0 Å². The maximum atomic E-state index is 12.3. The van der Waals surface area contributed by atoms with Crippen molar-refractivity contribution in [3.05, 3.63) is 23.5 Å². The number of amides is 1. The van der Waals surface area contributed by atoms with E-state index in [2.05, 4.69) is 20.1 Å².